The summed E-state index contributed by atoms with van der Waals surface area (Å²) in [6.45, 7) is 3.39. The SMILES string of the molecule is CC(C)(c1ccc(Cl)o1)C(N)C(=O)O. The molecule has 1 unspecified atom stereocenters. The van der Waals surface area contributed by atoms with E-state index in [2.05, 4.69) is 0 Å². The highest BCUT2D eigenvalue weighted by Gasteiger charge is 2.36. The van der Waals surface area contributed by atoms with Crippen molar-refractivity contribution in [1.82, 2.24) is 0 Å². The molecule has 1 aromatic rings. The quantitative estimate of drug-likeness (QED) is 0.807. The molecule has 0 aliphatic heterocycles. The second-order valence-electron chi connectivity index (χ2n) is 3.64. The lowest BCUT2D eigenvalue weighted by Crippen LogP contribution is -2.46. The monoisotopic (exact) mass is 217 g/mol. The van der Waals surface area contributed by atoms with Gasteiger partial charge in [0.1, 0.15) is 11.8 Å². The van der Waals surface area contributed by atoms with Gasteiger partial charge in [-0.05, 0) is 23.7 Å². The fourth-order valence-corrected chi connectivity index (χ4v) is 1.27. The summed E-state index contributed by atoms with van der Waals surface area (Å²) in [6, 6.07) is 2.17. The molecule has 78 valence electrons. The predicted molar refractivity (Wildman–Crippen MR) is 52.4 cm³/mol. The predicted octanol–water partition coefficient (Wildman–Crippen LogP) is 1.62. The van der Waals surface area contributed by atoms with Gasteiger partial charge in [0.05, 0.1) is 0 Å². The van der Waals surface area contributed by atoms with Crippen molar-refractivity contribution in [2.75, 3.05) is 0 Å². The summed E-state index contributed by atoms with van der Waals surface area (Å²) in [5.41, 5.74) is 4.75. The fourth-order valence-electron chi connectivity index (χ4n) is 1.12. The Balaban J connectivity index is 3.01. The Kier molecular flexibility index (Phi) is 2.87. The van der Waals surface area contributed by atoms with Crippen molar-refractivity contribution in [1.29, 1.82) is 0 Å². The lowest BCUT2D eigenvalue weighted by Gasteiger charge is -2.25. The van der Waals surface area contributed by atoms with Crippen molar-refractivity contribution in [3.8, 4) is 0 Å². The van der Waals surface area contributed by atoms with E-state index in [0.29, 0.717) is 5.76 Å². The Bertz CT molecular complexity index is 346. The second-order valence-corrected chi connectivity index (χ2v) is 4.01. The zero-order valence-electron chi connectivity index (χ0n) is 7.95. The summed E-state index contributed by atoms with van der Waals surface area (Å²) in [5, 5.41) is 9.01. The summed E-state index contributed by atoms with van der Waals surface area (Å²) in [6.07, 6.45) is 0. The maximum absolute atomic E-state index is 10.7. The normalized spacial score (nSPS) is 14.0. The largest absolute Gasteiger partial charge is 0.480 e. The van der Waals surface area contributed by atoms with Crippen molar-refractivity contribution in [2.45, 2.75) is 25.3 Å². The van der Waals surface area contributed by atoms with Gasteiger partial charge in [0.15, 0.2) is 5.22 Å². The van der Waals surface area contributed by atoms with Gasteiger partial charge in [-0.2, -0.15) is 0 Å². The molecule has 0 radical (unpaired) electrons. The smallest absolute Gasteiger partial charge is 0.321 e. The van der Waals surface area contributed by atoms with Crippen LogP contribution in [0.25, 0.3) is 0 Å². The van der Waals surface area contributed by atoms with Gasteiger partial charge < -0.3 is 15.3 Å². The first-order valence-corrected chi connectivity index (χ1v) is 4.47. The molecule has 0 saturated carbocycles. The van der Waals surface area contributed by atoms with E-state index < -0.39 is 17.4 Å². The molecule has 4 nitrogen and oxygen atoms in total. The van der Waals surface area contributed by atoms with Crippen LogP contribution in [0.2, 0.25) is 5.22 Å². The van der Waals surface area contributed by atoms with Gasteiger partial charge in [-0.25, -0.2) is 0 Å². The maximum Gasteiger partial charge on any atom is 0.321 e. The van der Waals surface area contributed by atoms with Crippen LogP contribution in [0.1, 0.15) is 19.6 Å². The molecule has 3 N–H and O–H groups in total. The van der Waals surface area contributed by atoms with Gasteiger partial charge in [0, 0.05) is 5.41 Å². The summed E-state index contributed by atoms with van der Waals surface area (Å²) in [5.74, 6) is -0.597. The van der Waals surface area contributed by atoms with Gasteiger partial charge in [0.25, 0.3) is 0 Å². The molecule has 1 rings (SSSR count). The van der Waals surface area contributed by atoms with Crippen LogP contribution < -0.4 is 5.73 Å². The third kappa shape index (κ3) is 1.91. The lowest BCUT2D eigenvalue weighted by atomic mass is 9.82. The number of hydrogen-bond acceptors (Lipinski definition) is 3. The number of halogens is 1. The van der Waals surface area contributed by atoms with Gasteiger partial charge in [-0.15, -0.1) is 0 Å². The molecule has 0 saturated heterocycles. The molecule has 0 aliphatic carbocycles. The average Bonchev–Trinajstić information content (AvgIpc) is 2.50. The third-order valence-corrected chi connectivity index (χ3v) is 2.45. The summed E-state index contributed by atoms with van der Waals surface area (Å²) in [7, 11) is 0. The summed E-state index contributed by atoms with van der Waals surface area (Å²) in [4.78, 5) is 10.7. The summed E-state index contributed by atoms with van der Waals surface area (Å²) < 4.78 is 5.14. The van der Waals surface area contributed by atoms with E-state index in [1.54, 1.807) is 26.0 Å². The van der Waals surface area contributed by atoms with Crippen LogP contribution in [0, 0.1) is 0 Å². The average molecular weight is 218 g/mol. The first kappa shape index (κ1) is 11.1. The highest BCUT2D eigenvalue weighted by Crippen LogP contribution is 2.29. The van der Waals surface area contributed by atoms with E-state index in [0.717, 1.165) is 0 Å². The number of aliphatic carboxylic acids is 1. The van der Waals surface area contributed by atoms with Gasteiger partial charge in [-0.3, -0.25) is 4.79 Å². The van der Waals surface area contributed by atoms with Crippen LogP contribution in [-0.4, -0.2) is 17.1 Å². The number of carbonyl (C=O) groups is 1. The molecular formula is C9H12ClNO3. The first-order chi connectivity index (χ1) is 6.35. The van der Waals surface area contributed by atoms with Crippen molar-refractivity contribution in [3.63, 3.8) is 0 Å². The van der Waals surface area contributed by atoms with Gasteiger partial charge in [0.2, 0.25) is 0 Å². The molecule has 0 bridgehead atoms. The van der Waals surface area contributed by atoms with Crippen molar-refractivity contribution in [2.24, 2.45) is 5.73 Å². The minimum absolute atomic E-state index is 0.227. The first-order valence-electron chi connectivity index (χ1n) is 4.10. The molecule has 0 fully saturated rings. The van der Waals surface area contributed by atoms with Gasteiger partial charge in [-0.1, -0.05) is 13.8 Å². The Hall–Kier alpha value is -1.00. The van der Waals surface area contributed by atoms with Crippen LogP contribution >= 0.6 is 11.6 Å². The fraction of sp³-hybridized carbons (Fsp3) is 0.444. The zero-order chi connectivity index (χ0) is 10.9. The van der Waals surface area contributed by atoms with Crippen LogP contribution in [0.5, 0.6) is 0 Å². The molecule has 0 aromatic carbocycles. The highest BCUT2D eigenvalue weighted by atomic mass is 35.5. The van der Waals surface area contributed by atoms with E-state index in [1.165, 1.54) is 0 Å². The number of carboxylic acids is 1. The highest BCUT2D eigenvalue weighted by molar-refractivity contribution is 6.28. The Labute approximate surface area is 86.6 Å². The number of nitrogens with two attached hydrogens (primary N) is 1. The lowest BCUT2D eigenvalue weighted by molar-refractivity contribution is -0.140. The zero-order valence-corrected chi connectivity index (χ0v) is 8.71. The van der Waals surface area contributed by atoms with E-state index in [-0.39, 0.29) is 5.22 Å². The Morgan fingerprint density at radius 1 is 1.64 bits per heavy atom. The third-order valence-electron chi connectivity index (χ3n) is 2.25. The Morgan fingerprint density at radius 2 is 2.21 bits per heavy atom. The van der Waals surface area contributed by atoms with E-state index in [9.17, 15) is 4.79 Å². The van der Waals surface area contributed by atoms with Crippen LogP contribution in [-0.2, 0) is 10.2 Å². The molecule has 5 heteroatoms. The standard InChI is InChI=1S/C9H12ClNO3/c1-9(2,7(11)8(12)13)5-3-4-6(10)14-5/h3-4,7H,11H2,1-2H3,(H,12,13). The minimum Gasteiger partial charge on any atom is -0.480 e. The molecule has 0 amide bonds. The van der Waals surface area contributed by atoms with Crippen LogP contribution in [0.3, 0.4) is 0 Å². The van der Waals surface area contributed by atoms with Crippen molar-refractivity contribution < 1.29 is 14.3 Å². The van der Waals surface area contributed by atoms with Crippen molar-refractivity contribution >= 4 is 17.6 Å². The van der Waals surface area contributed by atoms with Crippen LogP contribution in [0.4, 0.5) is 0 Å². The molecule has 1 aromatic heterocycles. The summed E-state index contributed by atoms with van der Waals surface area (Å²) >= 11 is 5.60. The van der Waals surface area contributed by atoms with E-state index in [4.69, 9.17) is 26.9 Å². The molecule has 0 aliphatic rings. The topological polar surface area (TPSA) is 76.5 Å². The van der Waals surface area contributed by atoms with E-state index >= 15 is 0 Å². The minimum atomic E-state index is -1.07. The molecule has 1 atom stereocenters. The Morgan fingerprint density at radius 3 is 2.57 bits per heavy atom. The van der Waals surface area contributed by atoms with Gasteiger partial charge >= 0.3 is 5.97 Å². The number of furan rings is 1. The molecule has 1 heterocycles. The molecular weight excluding hydrogens is 206 g/mol. The molecule has 0 spiro atoms. The number of hydrogen-bond donors (Lipinski definition) is 2. The van der Waals surface area contributed by atoms with E-state index in [1.807, 2.05) is 0 Å². The van der Waals surface area contributed by atoms with Crippen LogP contribution in [0.15, 0.2) is 16.5 Å². The number of carboxylic acid groups (broad SMARTS) is 1. The molecule has 14 heavy (non-hydrogen) atoms. The number of rotatable bonds is 3. The maximum atomic E-state index is 10.7. The van der Waals surface area contributed by atoms with Crippen molar-refractivity contribution in [3.05, 3.63) is 23.1 Å². The second kappa shape index (κ2) is 3.63.